The second kappa shape index (κ2) is 11.2. The van der Waals surface area contributed by atoms with Crippen molar-refractivity contribution < 1.29 is 27.8 Å². The van der Waals surface area contributed by atoms with E-state index in [-0.39, 0.29) is 46.7 Å². The monoisotopic (exact) mass is 671 g/mol. The molecule has 0 bridgehead atoms. The number of ether oxygens (including phenoxy) is 1. The minimum Gasteiger partial charge on any atom is -0.490 e. The number of fused-ring (bicyclic) bond motifs is 1. The minimum absolute atomic E-state index is 0.0566. The molecule has 2 aromatic heterocycles. The Balaban J connectivity index is 1.39. The summed E-state index contributed by atoms with van der Waals surface area (Å²) in [6.07, 6.45) is -3.73. The van der Waals surface area contributed by atoms with Crippen LogP contribution in [-0.4, -0.2) is 53.5 Å². The van der Waals surface area contributed by atoms with Crippen molar-refractivity contribution in [3.63, 3.8) is 0 Å². The number of aliphatic hydroxyl groups is 1. The average Bonchev–Trinajstić information content (AvgIpc) is 3.29. The predicted molar refractivity (Wildman–Crippen MR) is 158 cm³/mol. The van der Waals surface area contributed by atoms with Crippen molar-refractivity contribution in [2.75, 3.05) is 0 Å². The van der Waals surface area contributed by atoms with Gasteiger partial charge in [0.25, 0.3) is 11.5 Å². The summed E-state index contributed by atoms with van der Waals surface area (Å²) in [5.74, 6) is 0.246. The molecule has 0 saturated heterocycles. The maximum Gasteiger partial charge on any atom is 0.417 e. The van der Waals surface area contributed by atoms with E-state index in [0.717, 1.165) is 11.8 Å². The summed E-state index contributed by atoms with van der Waals surface area (Å²) in [4.78, 5) is 34.0. The molecule has 230 valence electrons. The number of carbonyl (C=O) groups is 1. The topological polar surface area (TPSA) is 102 Å². The van der Waals surface area contributed by atoms with Gasteiger partial charge in [-0.3, -0.25) is 9.59 Å². The summed E-state index contributed by atoms with van der Waals surface area (Å²) in [7, 11) is 0. The van der Waals surface area contributed by atoms with E-state index < -0.39 is 23.7 Å². The molecule has 1 aliphatic carbocycles. The molecular weight excluding hydrogens is 643 g/mol. The summed E-state index contributed by atoms with van der Waals surface area (Å²) >= 11 is 2.92. The van der Waals surface area contributed by atoms with Crippen LogP contribution in [0.2, 0.25) is 0 Å². The van der Waals surface area contributed by atoms with Gasteiger partial charge in [0.1, 0.15) is 11.9 Å². The van der Waals surface area contributed by atoms with Gasteiger partial charge < -0.3 is 14.7 Å². The third kappa shape index (κ3) is 5.54. The Morgan fingerprint density at radius 1 is 1.09 bits per heavy atom. The molecule has 3 heterocycles. The van der Waals surface area contributed by atoms with Gasteiger partial charge in [0.2, 0.25) is 5.95 Å². The van der Waals surface area contributed by atoms with E-state index in [0.29, 0.717) is 41.2 Å². The zero-order valence-electron chi connectivity index (χ0n) is 24.1. The maximum absolute atomic E-state index is 14.2. The standard InChI is InChI=1S/C31H29BrF3N5O4/c1-16-10-18(3)40(37-16)30-36-27-15-38(28(42)19-4-9-26(32)25(12-19)31(33,34)35)17(2)11-24(27)29(43)39(30)20-5-7-22(8-6-20)44-23-13-21(41)14-23/h4-10,12,17,21,23,41H,11,13-15H2,1-3H3/t17-,21-,23+/m1/s1. The van der Waals surface area contributed by atoms with E-state index in [1.165, 1.54) is 21.6 Å². The van der Waals surface area contributed by atoms with E-state index in [1.807, 2.05) is 19.9 Å². The molecule has 1 fully saturated rings. The smallest absolute Gasteiger partial charge is 0.417 e. The van der Waals surface area contributed by atoms with Gasteiger partial charge in [-0.15, -0.1) is 0 Å². The Bertz CT molecular complexity index is 1810. The number of benzene rings is 2. The highest BCUT2D eigenvalue weighted by Crippen LogP contribution is 2.36. The molecule has 44 heavy (non-hydrogen) atoms. The van der Waals surface area contributed by atoms with Gasteiger partial charge in [-0.05, 0) is 75.7 Å². The summed E-state index contributed by atoms with van der Waals surface area (Å²) in [5, 5.41) is 14.1. The van der Waals surface area contributed by atoms with Crippen molar-refractivity contribution in [2.24, 2.45) is 0 Å². The quantitative estimate of drug-likeness (QED) is 0.309. The summed E-state index contributed by atoms with van der Waals surface area (Å²) < 4.78 is 49.4. The van der Waals surface area contributed by atoms with Gasteiger partial charge in [0.05, 0.1) is 35.3 Å². The van der Waals surface area contributed by atoms with E-state index in [2.05, 4.69) is 21.0 Å². The number of hydrogen-bond donors (Lipinski definition) is 1. The van der Waals surface area contributed by atoms with Crippen LogP contribution in [0.15, 0.2) is 57.8 Å². The molecular formula is C31H29BrF3N5O4. The van der Waals surface area contributed by atoms with E-state index in [9.17, 15) is 27.9 Å². The number of rotatable bonds is 5. The third-order valence-corrected chi connectivity index (χ3v) is 8.73. The fraction of sp³-hybridized carbons (Fsp3) is 0.355. The number of hydrogen-bond acceptors (Lipinski definition) is 6. The van der Waals surface area contributed by atoms with Crippen molar-refractivity contribution in [3.8, 4) is 17.4 Å². The van der Waals surface area contributed by atoms with Crippen molar-refractivity contribution in [3.05, 3.63) is 97.1 Å². The number of nitrogens with zero attached hydrogens (tertiary/aromatic N) is 5. The van der Waals surface area contributed by atoms with Crippen molar-refractivity contribution >= 4 is 21.8 Å². The average molecular weight is 673 g/mol. The summed E-state index contributed by atoms with van der Waals surface area (Å²) in [5.41, 5.74) is 1.39. The van der Waals surface area contributed by atoms with Crippen LogP contribution in [0.1, 0.15) is 58.3 Å². The Hall–Kier alpha value is -3.97. The number of halogens is 4. The summed E-state index contributed by atoms with van der Waals surface area (Å²) in [6.45, 7) is 5.36. The van der Waals surface area contributed by atoms with Gasteiger partial charge in [0, 0.05) is 40.2 Å². The van der Waals surface area contributed by atoms with Crippen LogP contribution in [-0.2, 0) is 19.1 Å². The van der Waals surface area contributed by atoms with Gasteiger partial charge >= 0.3 is 6.18 Å². The number of aryl methyl sites for hydroxylation is 2. The number of aromatic nitrogens is 4. The molecule has 1 N–H and O–H groups in total. The molecule has 6 rings (SSSR count). The molecule has 1 atom stereocenters. The molecule has 2 aliphatic rings. The van der Waals surface area contributed by atoms with Crippen LogP contribution in [0.4, 0.5) is 13.2 Å². The lowest BCUT2D eigenvalue weighted by Crippen LogP contribution is -2.46. The normalized spacial score (nSPS) is 19.8. The maximum atomic E-state index is 14.2. The van der Waals surface area contributed by atoms with Crippen LogP contribution in [0.3, 0.4) is 0 Å². The van der Waals surface area contributed by atoms with E-state index in [4.69, 9.17) is 9.72 Å². The lowest BCUT2D eigenvalue weighted by atomic mass is 9.92. The van der Waals surface area contributed by atoms with Crippen LogP contribution in [0.25, 0.3) is 11.6 Å². The first-order chi connectivity index (χ1) is 20.8. The zero-order chi connectivity index (χ0) is 31.5. The zero-order valence-corrected chi connectivity index (χ0v) is 25.7. The third-order valence-electron chi connectivity index (χ3n) is 8.04. The first-order valence-corrected chi connectivity index (χ1v) is 14.9. The number of amides is 1. The van der Waals surface area contributed by atoms with E-state index >= 15 is 0 Å². The van der Waals surface area contributed by atoms with Crippen molar-refractivity contribution in [1.82, 2.24) is 24.2 Å². The molecule has 9 nitrogen and oxygen atoms in total. The lowest BCUT2D eigenvalue weighted by Gasteiger charge is -2.34. The highest BCUT2D eigenvalue weighted by molar-refractivity contribution is 9.10. The Kier molecular flexibility index (Phi) is 7.65. The highest BCUT2D eigenvalue weighted by atomic mass is 79.9. The van der Waals surface area contributed by atoms with Gasteiger partial charge in [0.15, 0.2) is 0 Å². The molecule has 1 amide bonds. The first kappa shape index (κ1) is 30.1. The van der Waals surface area contributed by atoms with E-state index in [1.54, 1.807) is 35.9 Å². The fourth-order valence-electron chi connectivity index (χ4n) is 5.67. The highest BCUT2D eigenvalue weighted by Gasteiger charge is 2.36. The lowest BCUT2D eigenvalue weighted by molar-refractivity contribution is -0.138. The van der Waals surface area contributed by atoms with Crippen molar-refractivity contribution in [1.29, 1.82) is 0 Å². The Labute approximate surface area is 259 Å². The predicted octanol–water partition coefficient (Wildman–Crippen LogP) is 5.31. The van der Waals surface area contributed by atoms with Crippen molar-refractivity contribution in [2.45, 2.75) is 71.0 Å². The molecule has 0 radical (unpaired) electrons. The molecule has 1 saturated carbocycles. The van der Waals surface area contributed by atoms with Gasteiger partial charge in [-0.1, -0.05) is 15.9 Å². The van der Waals surface area contributed by atoms with Crippen LogP contribution in [0, 0.1) is 13.8 Å². The Morgan fingerprint density at radius 2 is 1.80 bits per heavy atom. The van der Waals surface area contributed by atoms with Crippen LogP contribution >= 0.6 is 15.9 Å². The molecule has 0 unspecified atom stereocenters. The SMILES string of the molecule is Cc1cc(C)n(-c2nc3c(c(=O)n2-c2ccc(O[C@H]4C[C@@H](O)C4)cc2)C[C@@H](C)N(C(=O)c2ccc(Br)c(C(F)(F)F)c2)C3)n1. The molecule has 2 aromatic carbocycles. The van der Waals surface area contributed by atoms with Crippen LogP contribution < -0.4 is 10.3 Å². The second-order valence-electron chi connectivity index (χ2n) is 11.4. The largest absolute Gasteiger partial charge is 0.490 e. The first-order valence-electron chi connectivity index (χ1n) is 14.1. The molecule has 0 spiro atoms. The minimum atomic E-state index is -4.64. The number of aliphatic hydroxyl groups excluding tert-OH is 1. The number of carbonyl (C=O) groups excluding carboxylic acids is 1. The Morgan fingerprint density at radius 3 is 2.41 bits per heavy atom. The van der Waals surface area contributed by atoms with Gasteiger partial charge in [-0.25, -0.2) is 14.2 Å². The molecule has 4 aromatic rings. The second-order valence-corrected chi connectivity index (χ2v) is 12.2. The van der Waals surface area contributed by atoms with Crippen LogP contribution in [0.5, 0.6) is 5.75 Å². The molecule has 13 heteroatoms. The summed E-state index contributed by atoms with van der Waals surface area (Å²) in [6, 6.07) is 11.8. The van der Waals surface area contributed by atoms with Gasteiger partial charge in [-0.2, -0.15) is 18.3 Å². The fourth-order valence-corrected chi connectivity index (χ4v) is 6.14. The number of alkyl halides is 3. The molecule has 1 aliphatic heterocycles.